The summed E-state index contributed by atoms with van der Waals surface area (Å²) in [6.45, 7) is 3.16. The van der Waals surface area contributed by atoms with Gasteiger partial charge in [-0.3, -0.25) is 0 Å². The van der Waals surface area contributed by atoms with Crippen molar-refractivity contribution in [1.82, 2.24) is 14.8 Å². The molecule has 0 amide bonds. The Balaban J connectivity index is 2.08. The van der Waals surface area contributed by atoms with Gasteiger partial charge in [0.2, 0.25) is 0 Å². The molecule has 0 saturated carbocycles. The Morgan fingerprint density at radius 1 is 1.44 bits per heavy atom. The van der Waals surface area contributed by atoms with E-state index in [4.69, 9.17) is 11.6 Å². The van der Waals surface area contributed by atoms with Crippen LogP contribution in [0.1, 0.15) is 6.92 Å². The average molecular weight is 252 g/mol. The lowest BCUT2D eigenvalue weighted by molar-refractivity contribution is 0.675. The number of rotatable bonds is 1. The van der Waals surface area contributed by atoms with Crippen LogP contribution in [0, 0.1) is 0 Å². The molecule has 5 heteroatoms. The van der Waals surface area contributed by atoms with Crippen LogP contribution in [-0.4, -0.2) is 20.0 Å². The Bertz CT molecular complexity index is 538. The Kier molecular flexibility index (Phi) is 2.41. The van der Waals surface area contributed by atoms with Gasteiger partial charge in [-0.15, -0.1) is 10.2 Å². The summed E-state index contributed by atoms with van der Waals surface area (Å²) in [7, 11) is 0. The SMILES string of the molecule is C[C@@H]1Cn2c(nnc2-c2cccc(Cl)c2)S1. The Morgan fingerprint density at radius 3 is 3.12 bits per heavy atom. The number of halogens is 1. The molecule has 0 unspecified atom stereocenters. The molecule has 1 atom stereocenters. The van der Waals surface area contributed by atoms with Gasteiger partial charge in [-0.2, -0.15) is 0 Å². The number of thioether (sulfide) groups is 1. The molecular weight excluding hydrogens is 242 g/mol. The molecule has 1 aliphatic rings. The van der Waals surface area contributed by atoms with E-state index in [0.29, 0.717) is 5.25 Å². The summed E-state index contributed by atoms with van der Waals surface area (Å²) in [5, 5.41) is 10.7. The van der Waals surface area contributed by atoms with Gasteiger partial charge in [-0.05, 0) is 12.1 Å². The molecule has 0 fully saturated rings. The van der Waals surface area contributed by atoms with Crippen LogP contribution in [0.25, 0.3) is 11.4 Å². The number of nitrogens with zero attached hydrogens (tertiary/aromatic N) is 3. The lowest BCUT2D eigenvalue weighted by Crippen LogP contribution is -2.02. The van der Waals surface area contributed by atoms with Gasteiger partial charge >= 0.3 is 0 Å². The summed E-state index contributed by atoms with van der Waals surface area (Å²) in [4.78, 5) is 0. The fourth-order valence-corrected chi connectivity index (χ4v) is 3.01. The zero-order valence-electron chi connectivity index (χ0n) is 8.72. The van der Waals surface area contributed by atoms with E-state index in [9.17, 15) is 0 Å². The Morgan fingerprint density at radius 2 is 2.31 bits per heavy atom. The molecule has 0 aliphatic carbocycles. The number of hydrogen-bond donors (Lipinski definition) is 0. The molecule has 0 N–H and O–H groups in total. The highest BCUT2D eigenvalue weighted by Crippen LogP contribution is 2.34. The normalized spacial score (nSPS) is 18.8. The van der Waals surface area contributed by atoms with Crippen LogP contribution >= 0.6 is 23.4 Å². The Hall–Kier alpha value is -1.000. The van der Waals surface area contributed by atoms with E-state index in [1.807, 2.05) is 24.3 Å². The molecule has 1 aromatic carbocycles. The van der Waals surface area contributed by atoms with Crippen LogP contribution < -0.4 is 0 Å². The molecule has 0 saturated heterocycles. The molecular formula is C11H10ClN3S. The quantitative estimate of drug-likeness (QED) is 0.780. The summed E-state index contributed by atoms with van der Waals surface area (Å²) in [5.41, 5.74) is 1.03. The van der Waals surface area contributed by atoms with Crippen molar-refractivity contribution in [2.24, 2.45) is 0 Å². The highest BCUT2D eigenvalue weighted by atomic mass is 35.5. The van der Waals surface area contributed by atoms with Gasteiger partial charge in [0.05, 0.1) is 0 Å². The molecule has 2 heterocycles. The Labute approximate surface area is 103 Å². The number of aromatic nitrogens is 3. The highest BCUT2D eigenvalue weighted by molar-refractivity contribution is 7.99. The van der Waals surface area contributed by atoms with Crippen LogP contribution in [0.5, 0.6) is 0 Å². The minimum Gasteiger partial charge on any atom is -0.301 e. The van der Waals surface area contributed by atoms with Crippen molar-refractivity contribution in [3.8, 4) is 11.4 Å². The van der Waals surface area contributed by atoms with Crippen LogP contribution in [0.15, 0.2) is 29.4 Å². The lowest BCUT2D eigenvalue weighted by atomic mass is 10.2. The largest absolute Gasteiger partial charge is 0.301 e. The first kappa shape index (κ1) is 10.2. The first-order chi connectivity index (χ1) is 7.74. The van der Waals surface area contributed by atoms with E-state index < -0.39 is 0 Å². The van der Waals surface area contributed by atoms with Gasteiger partial charge in [-0.25, -0.2) is 0 Å². The van der Waals surface area contributed by atoms with Crippen LogP contribution in [0.4, 0.5) is 0 Å². The molecule has 82 valence electrons. The fraction of sp³-hybridized carbons (Fsp3) is 0.273. The molecule has 1 aromatic heterocycles. The molecule has 0 bridgehead atoms. The topological polar surface area (TPSA) is 30.7 Å². The van der Waals surface area contributed by atoms with Crippen molar-refractivity contribution in [2.45, 2.75) is 23.9 Å². The first-order valence-corrected chi connectivity index (χ1v) is 6.35. The first-order valence-electron chi connectivity index (χ1n) is 5.10. The van der Waals surface area contributed by atoms with Gasteiger partial charge in [0.15, 0.2) is 11.0 Å². The van der Waals surface area contributed by atoms with Gasteiger partial charge < -0.3 is 4.57 Å². The van der Waals surface area contributed by atoms with Crippen molar-refractivity contribution in [2.75, 3.05) is 0 Å². The fourth-order valence-electron chi connectivity index (χ4n) is 1.86. The molecule has 3 rings (SSSR count). The molecule has 0 radical (unpaired) electrons. The second-order valence-corrected chi connectivity index (χ2v) is 5.70. The third kappa shape index (κ3) is 1.62. The van der Waals surface area contributed by atoms with E-state index in [1.165, 1.54) is 0 Å². The lowest BCUT2D eigenvalue weighted by Gasteiger charge is -2.03. The van der Waals surface area contributed by atoms with E-state index in [-0.39, 0.29) is 0 Å². The van der Waals surface area contributed by atoms with Crippen LogP contribution in [-0.2, 0) is 6.54 Å². The predicted octanol–water partition coefficient (Wildman–Crippen LogP) is 3.09. The second kappa shape index (κ2) is 3.79. The summed E-state index contributed by atoms with van der Waals surface area (Å²) < 4.78 is 2.15. The summed E-state index contributed by atoms with van der Waals surface area (Å²) in [6, 6.07) is 7.73. The van der Waals surface area contributed by atoms with Crippen LogP contribution in [0.3, 0.4) is 0 Å². The minimum atomic E-state index is 0.573. The van der Waals surface area contributed by atoms with Gasteiger partial charge in [0.25, 0.3) is 0 Å². The summed E-state index contributed by atoms with van der Waals surface area (Å²) in [6.07, 6.45) is 0. The van der Waals surface area contributed by atoms with Crippen molar-refractivity contribution in [3.05, 3.63) is 29.3 Å². The zero-order valence-corrected chi connectivity index (χ0v) is 10.3. The van der Waals surface area contributed by atoms with E-state index in [1.54, 1.807) is 11.8 Å². The maximum atomic E-state index is 5.98. The van der Waals surface area contributed by atoms with Gasteiger partial charge in [-0.1, -0.05) is 42.4 Å². The van der Waals surface area contributed by atoms with E-state index in [0.717, 1.165) is 28.1 Å². The number of fused-ring (bicyclic) bond motifs is 1. The van der Waals surface area contributed by atoms with Crippen molar-refractivity contribution < 1.29 is 0 Å². The molecule has 16 heavy (non-hydrogen) atoms. The van der Waals surface area contributed by atoms with Gasteiger partial charge in [0, 0.05) is 22.4 Å². The second-order valence-electron chi connectivity index (χ2n) is 3.86. The van der Waals surface area contributed by atoms with Gasteiger partial charge in [0.1, 0.15) is 0 Å². The maximum Gasteiger partial charge on any atom is 0.191 e. The number of benzene rings is 1. The van der Waals surface area contributed by atoms with Crippen molar-refractivity contribution >= 4 is 23.4 Å². The summed E-state index contributed by atoms with van der Waals surface area (Å²) in [5.74, 6) is 0.911. The average Bonchev–Trinajstić information content (AvgIpc) is 2.76. The van der Waals surface area contributed by atoms with Crippen molar-refractivity contribution in [1.29, 1.82) is 0 Å². The smallest absolute Gasteiger partial charge is 0.191 e. The van der Waals surface area contributed by atoms with E-state index >= 15 is 0 Å². The predicted molar refractivity (Wildman–Crippen MR) is 65.8 cm³/mol. The minimum absolute atomic E-state index is 0.573. The molecule has 2 aromatic rings. The molecule has 3 nitrogen and oxygen atoms in total. The van der Waals surface area contributed by atoms with Crippen molar-refractivity contribution in [3.63, 3.8) is 0 Å². The third-order valence-electron chi connectivity index (χ3n) is 2.55. The zero-order chi connectivity index (χ0) is 11.1. The van der Waals surface area contributed by atoms with Crippen LogP contribution in [0.2, 0.25) is 5.02 Å². The molecule has 1 aliphatic heterocycles. The third-order valence-corrected chi connectivity index (χ3v) is 3.85. The standard InChI is InChI=1S/C11H10ClN3S/c1-7-6-15-10(13-14-11(15)16-7)8-3-2-4-9(12)5-8/h2-5,7H,6H2,1H3/t7-/m1/s1. The summed E-state index contributed by atoms with van der Waals surface area (Å²) >= 11 is 7.75. The van der Waals surface area contributed by atoms with E-state index in [2.05, 4.69) is 21.7 Å². The monoisotopic (exact) mass is 251 g/mol. The highest BCUT2D eigenvalue weighted by Gasteiger charge is 2.24. The maximum absolute atomic E-state index is 5.98. The molecule has 0 spiro atoms. The number of hydrogen-bond acceptors (Lipinski definition) is 3.